The molecular weight excluding hydrogens is 240 g/mol. The maximum absolute atomic E-state index is 10.6. The van der Waals surface area contributed by atoms with Crippen molar-refractivity contribution in [3.05, 3.63) is 11.4 Å². The Morgan fingerprint density at radius 1 is 1.54 bits per heavy atom. The third-order valence-corrected chi connectivity index (χ3v) is 1.83. The zero-order valence-corrected chi connectivity index (χ0v) is 8.60. The largest absolute Gasteiger partial charge is 0.476 e. The molecule has 0 aliphatic carbocycles. The van der Waals surface area contributed by atoms with E-state index >= 15 is 0 Å². The molecule has 8 heteroatoms. The number of aromatic carboxylic acids is 1. The molecule has 13 heavy (non-hydrogen) atoms. The predicted octanol–water partition coefficient (Wildman–Crippen LogP) is 1.34. The minimum atomic E-state index is -1.84. The first kappa shape index (κ1) is 10.6. The summed E-state index contributed by atoms with van der Waals surface area (Å²) in [7, 11) is 1.44. The summed E-state index contributed by atoms with van der Waals surface area (Å²) in [6.45, 7) is 0. The smallest absolute Gasteiger partial charge is 0.358 e. The molecule has 0 aliphatic rings. The molecule has 5 nitrogen and oxygen atoms in total. The number of hydrogen-bond donors (Lipinski definition) is 1. The van der Waals surface area contributed by atoms with E-state index in [9.17, 15) is 4.79 Å². The van der Waals surface area contributed by atoms with E-state index in [1.807, 2.05) is 0 Å². The van der Waals surface area contributed by atoms with Crippen LogP contribution in [0.25, 0.3) is 0 Å². The molecule has 0 saturated heterocycles. The highest BCUT2D eigenvalue weighted by atomic mass is 35.6. The van der Waals surface area contributed by atoms with E-state index in [0.29, 0.717) is 0 Å². The third-order valence-electron chi connectivity index (χ3n) is 1.30. The molecular formula is C5H4Cl3N3O2. The number of carbonyl (C=O) groups is 1. The summed E-state index contributed by atoms with van der Waals surface area (Å²) in [6, 6.07) is 0. The molecule has 1 rings (SSSR count). The van der Waals surface area contributed by atoms with Crippen molar-refractivity contribution < 1.29 is 9.90 Å². The number of nitrogens with zero attached hydrogens (tertiary/aromatic N) is 3. The minimum Gasteiger partial charge on any atom is -0.476 e. The third kappa shape index (κ3) is 2.04. The summed E-state index contributed by atoms with van der Waals surface area (Å²) in [6.07, 6.45) is 0. The normalized spacial score (nSPS) is 11.7. The van der Waals surface area contributed by atoms with E-state index in [1.54, 1.807) is 0 Å². The van der Waals surface area contributed by atoms with Gasteiger partial charge < -0.3 is 5.11 Å². The van der Waals surface area contributed by atoms with Gasteiger partial charge in [0, 0.05) is 7.05 Å². The fourth-order valence-electron chi connectivity index (χ4n) is 0.819. The topological polar surface area (TPSA) is 68.0 Å². The van der Waals surface area contributed by atoms with E-state index < -0.39 is 9.76 Å². The van der Waals surface area contributed by atoms with Crippen molar-refractivity contribution in [2.45, 2.75) is 3.79 Å². The van der Waals surface area contributed by atoms with Crippen LogP contribution in [0.4, 0.5) is 0 Å². The number of aryl methyl sites for hydroxylation is 1. The summed E-state index contributed by atoms with van der Waals surface area (Å²) in [5.41, 5.74) is -0.424. The van der Waals surface area contributed by atoms with Gasteiger partial charge in [0.05, 0.1) is 0 Å². The summed E-state index contributed by atoms with van der Waals surface area (Å²) < 4.78 is -0.734. The minimum absolute atomic E-state index is 0.0648. The standard InChI is InChI=1S/C5H4Cl3N3O2/c1-11-3(5(6,7)8)2(4(12)13)9-10-11/h1H3,(H,12,13). The highest BCUT2D eigenvalue weighted by Gasteiger charge is 2.34. The van der Waals surface area contributed by atoms with Gasteiger partial charge in [-0.15, -0.1) is 5.10 Å². The lowest BCUT2D eigenvalue weighted by Gasteiger charge is -2.10. The van der Waals surface area contributed by atoms with Gasteiger partial charge in [0.1, 0.15) is 5.69 Å². The van der Waals surface area contributed by atoms with Gasteiger partial charge in [-0.05, 0) is 0 Å². The molecule has 0 unspecified atom stereocenters. The van der Waals surface area contributed by atoms with Crippen LogP contribution >= 0.6 is 34.8 Å². The lowest BCUT2D eigenvalue weighted by atomic mass is 10.3. The number of rotatable bonds is 1. The second-order valence-corrected chi connectivity index (χ2v) is 4.49. The van der Waals surface area contributed by atoms with Crippen LogP contribution in [0.15, 0.2) is 0 Å². The summed E-state index contributed by atoms with van der Waals surface area (Å²) in [4.78, 5) is 10.6. The van der Waals surface area contributed by atoms with Crippen LogP contribution < -0.4 is 0 Å². The molecule has 1 heterocycles. The Balaban J connectivity index is 3.33. The van der Waals surface area contributed by atoms with Crippen LogP contribution in [0, 0.1) is 0 Å². The van der Waals surface area contributed by atoms with E-state index in [1.165, 1.54) is 7.05 Å². The molecule has 0 aliphatic heterocycles. The zero-order chi connectivity index (χ0) is 10.2. The van der Waals surface area contributed by atoms with Gasteiger partial charge in [-0.2, -0.15) is 0 Å². The lowest BCUT2D eigenvalue weighted by molar-refractivity contribution is 0.0689. The highest BCUT2D eigenvalue weighted by Crippen LogP contribution is 2.38. The average molecular weight is 244 g/mol. The number of carboxylic acid groups (broad SMARTS) is 1. The van der Waals surface area contributed by atoms with E-state index in [-0.39, 0.29) is 11.4 Å². The van der Waals surface area contributed by atoms with Crippen molar-refractivity contribution in [1.82, 2.24) is 15.0 Å². The quantitative estimate of drug-likeness (QED) is 0.757. The molecule has 1 N–H and O–H groups in total. The van der Waals surface area contributed by atoms with Gasteiger partial charge in [-0.3, -0.25) is 0 Å². The number of alkyl halides is 3. The molecule has 0 saturated carbocycles. The molecule has 0 fully saturated rings. The van der Waals surface area contributed by atoms with Gasteiger partial charge >= 0.3 is 5.97 Å². The number of carboxylic acids is 1. The molecule has 0 atom stereocenters. The predicted molar refractivity (Wildman–Crippen MR) is 47.2 cm³/mol. The summed E-state index contributed by atoms with van der Waals surface area (Å²) >= 11 is 16.6. The Kier molecular flexibility index (Phi) is 2.70. The van der Waals surface area contributed by atoms with Crippen molar-refractivity contribution >= 4 is 40.8 Å². The van der Waals surface area contributed by atoms with Crippen LogP contribution in [-0.2, 0) is 10.8 Å². The SMILES string of the molecule is Cn1nnc(C(=O)O)c1C(Cl)(Cl)Cl. The Morgan fingerprint density at radius 2 is 2.08 bits per heavy atom. The first-order valence-electron chi connectivity index (χ1n) is 3.04. The van der Waals surface area contributed by atoms with Gasteiger partial charge in [0.15, 0.2) is 5.69 Å². The van der Waals surface area contributed by atoms with Crippen LogP contribution in [-0.4, -0.2) is 26.1 Å². The Hall–Kier alpha value is -0.520. The highest BCUT2D eigenvalue weighted by molar-refractivity contribution is 6.66. The second kappa shape index (κ2) is 3.32. The molecule has 0 radical (unpaired) electrons. The first-order chi connectivity index (χ1) is 5.84. The van der Waals surface area contributed by atoms with Crippen molar-refractivity contribution in [3.63, 3.8) is 0 Å². The fraction of sp³-hybridized carbons (Fsp3) is 0.400. The Bertz CT molecular complexity index is 343. The maximum Gasteiger partial charge on any atom is 0.358 e. The summed E-state index contributed by atoms with van der Waals surface area (Å²) in [5, 5.41) is 15.4. The van der Waals surface area contributed by atoms with Gasteiger partial charge in [0.25, 0.3) is 0 Å². The molecule has 1 aromatic rings. The molecule has 0 bridgehead atoms. The molecule has 1 aromatic heterocycles. The Morgan fingerprint density at radius 3 is 2.38 bits per heavy atom. The van der Waals surface area contributed by atoms with Crippen molar-refractivity contribution in [2.75, 3.05) is 0 Å². The zero-order valence-electron chi connectivity index (χ0n) is 6.33. The van der Waals surface area contributed by atoms with Gasteiger partial charge in [0.2, 0.25) is 3.79 Å². The second-order valence-electron chi connectivity index (χ2n) is 2.21. The molecule has 0 aromatic carbocycles. The van der Waals surface area contributed by atoms with Crippen molar-refractivity contribution in [3.8, 4) is 0 Å². The molecule has 0 amide bonds. The fourth-order valence-corrected chi connectivity index (χ4v) is 1.45. The van der Waals surface area contributed by atoms with Crippen LogP contribution in [0.2, 0.25) is 0 Å². The summed E-state index contributed by atoms with van der Waals surface area (Å²) in [5.74, 6) is -1.28. The van der Waals surface area contributed by atoms with Crippen molar-refractivity contribution in [2.24, 2.45) is 7.05 Å². The number of hydrogen-bond acceptors (Lipinski definition) is 3. The van der Waals surface area contributed by atoms with E-state index in [0.717, 1.165) is 4.68 Å². The monoisotopic (exact) mass is 243 g/mol. The average Bonchev–Trinajstić information content (AvgIpc) is 2.28. The first-order valence-corrected chi connectivity index (χ1v) is 4.17. The number of halogens is 3. The maximum atomic E-state index is 10.6. The van der Waals surface area contributed by atoms with Gasteiger partial charge in [-0.25, -0.2) is 9.48 Å². The van der Waals surface area contributed by atoms with Crippen LogP contribution in [0.1, 0.15) is 16.2 Å². The Labute approximate surface area is 88.2 Å². The van der Waals surface area contributed by atoms with Crippen LogP contribution in [0.5, 0.6) is 0 Å². The van der Waals surface area contributed by atoms with Gasteiger partial charge in [-0.1, -0.05) is 40.0 Å². The molecule has 72 valence electrons. The number of aromatic nitrogens is 3. The lowest BCUT2D eigenvalue weighted by Crippen LogP contribution is -2.13. The van der Waals surface area contributed by atoms with Crippen molar-refractivity contribution in [1.29, 1.82) is 0 Å². The van der Waals surface area contributed by atoms with E-state index in [4.69, 9.17) is 39.9 Å². The molecule has 0 spiro atoms. The van der Waals surface area contributed by atoms with E-state index in [2.05, 4.69) is 10.3 Å². The van der Waals surface area contributed by atoms with Crippen LogP contribution in [0.3, 0.4) is 0 Å².